The third-order valence-electron chi connectivity index (χ3n) is 3.14. The van der Waals surface area contributed by atoms with Crippen LogP contribution in [0.15, 0.2) is 4.99 Å². The molecule has 2 rings (SSSR count). The molecule has 1 aliphatic carbocycles. The molecular weight excluding hydrogens is 176 g/mol. The average molecular weight is 196 g/mol. The minimum absolute atomic E-state index is 0.691. The molecule has 14 heavy (non-hydrogen) atoms. The van der Waals surface area contributed by atoms with Crippen molar-refractivity contribution in [3.8, 4) is 0 Å². The van der Waals surface area contributed by atoms with Crippen LogP contribution in [0, 0.1) is 5.92 Å². The van der Waals surface area contributed by atoms with Gasteiger partial charge in [-0.15, -0.1) is 0 Å². The molecular formula is C10H20N4. The van der Waals surface area contributed by atoms with Crippen LogP contribution >= 0.6 is 0 Å². The van der Waals surface area contributed by atoms with Crippen molar-refractivity contribution in [2.24, 2.45) is 16.6 Å². The number of guanidine groups is 1. The first-order valence-electron chi connectivity index (χ1n) is 5.49. The number of rotatable bonds is 2. The second-order valence-corrected chi connectivity index (χ2v) is 4.31. The highest BCUT2D eigenvalue weighted by Crippen LogP contribution is 2.29. The van der Waals surface area contributed by atoms with Crippen molar-refractivity contribution < 1.29 is 0 Å². The summed E-state index contributed by atoms with van der Waals surface area (Å²) < 4.78 is 0. The standard InChI is InChI=1S/C10H20N4/c1-12-10(11)14-6-4-13(5-7-14)8-9-2-3-9/h9H,2-8H2,1H3,(H2,11,12). The molecule has 1 heterocycles. The molecule has 0 aromatic carbocycles. The molecule has 0 amide bonds. The second kappa shape index (κ2) is 4.17. The lowest BCUT2D eigenvalue weighted by Crippen LogP contribution is -2.51. The van der Waals surface area contributed by atoms with Gasteiger partial charge in [-0.25, -0.2) is 0 Å². The molecule has 0 unspecified atom stereocenters. The fourth-order valence-corrected chi connectivity index (χ4v) is 1.97. The summed E-state index contributed by atoms with van der Waals surface area (Å²) in [5.41, 5.74) is 5.76. The van der Waals surface area contributed by atoms with Gasteiger partial charge in [0.1, 0.15) is 0 Å². The van der Waals surface area contributed by atoms with Gasteiger partial charge in [-0.3, -0.25) is 9.89 Å². The van der Waals surface area contributed by atoms with Gasteiger partial charge in [-0.05, 0) is 18.8 Å². The van der Waals surface area contributed by atoms with Gasteiger partial charge in [0.2, 0.25) is 0 Å². The topological polar surface area (TPSA) is 44.9 Å². The molecule has 2 N–H and O–H groups in total. The van der Waals surface area contributed by atoms with E-state index in [1.807, 2.05) is 0 Å². The zero-order chi connectivity index (χ0) is 9.97. The molecule has 0 aromatic rings. The number of nitrogens with zero attached hydrogens (tertiary/aromatic N) is 3. The Morgan fingerprint density at radius 1 is 1.29 bits per heavy atom. The summed E-state index contributed by atoms with van der Waals surface area (Å²) in [6.07, 6.45) is 2.89. The van der Waals surface area contributed by atoms with E-state index < -0.39 is 0 Å². The van der Waals surface area contributed by atoms with Crippen molar-refractivity contribution in [2.75, 3.05) is 39.8 Å². The van der Waals surface area contributed by atoms with Crippen LogP contribution in [-0.2, 0) is 0 Å². The molecule has 0 atom stereocenters. The minimum atomic E-state index is 0.691. The van der Waals surface area contributed by atoms with Crippen LogP contribution in [0.3, 0.4) is 0 Å². The number of nitrogens with two attached hydrogens (primary N) is 1. The lowest BCUT2D eigenvalue weighted by Gasteiger charge is -2.35. The largest absolute Gasteiger partial charge is 0.370 e. The van der Waals surface area contributed by atoms with Crippen LogP contribution in [0.2, 0.25) is 0 Å². The summed E-state index contributed by atoms with van der Waals surface area (Å²) >= 11 is 0. The van der Waals surface area contributed by atoms with Crippen LogP contribution < -0.4 is 5.73 Å². The van der Waals surface area contributed by atoms with Crippen molar-refractivity contribution >= 4 is 5.96 Å². The predicted octanol–water partition coefficient (Wildman–Crippen LogP) is -0.0415. The Bertz CT molecular complexity index is 214. The van der Waals surface area contributed by atoms with E-state index in [9.17, 15) is 0 Å². The van der Waals surface area contributed by atoms with Crippen LogP contribution in [-0.4, -0.2) is 55.5 Å². The Balaban J connectivity index is 1.73. The van der Waals surface area contributed by atoms with E-state index in [4.69, 9.17) is 5.73 Å². The van der Waals surface area contributed by atoms with Gasteiger partial charge in [-0.1, -0.05) is 0 Å². The maximum Gasteiger partial charge on any atom is 0.191 e. The Morgan fingerprint density at radius 2 is 1.93 bits per heavy atom. The zero-order valence-corrected chi connectivity index (χ0v) is 8.95. The third kappa shape index (κ3) is 2.38. The fourth-order valence-electron chi connectivity index (χ4n) is 1.97. The van der Waals surface area contributed by atoms with Crippen molar-refractivity contribution in [2.45, 2.75) is 12.8 Å². The molecule has 4 heteroatoms. The van der Waals surface area contributed by atoms with Gasteiger partial charge in [0.15, 0.2) is 5.96 Å². The average Bonchev–Trinajstić information content (AvgIpc) is 3.02. The van der Waals surface area contributed by atoms with Crippen LogP contribution in [0.4, 0.5) is 0 Å². The predicted molar refractivity (Wildman–Crippen MR) is 58.3 cm³/mol. The summed E-state index contributed by atoms with van der Waals surface area (Å²) in [5, 5.41) is 0. The first-order valence-corrected chi connectivity index (χ1v) is 5.49. The first-order chi connectivity index (χ1) is 6.79. The second-order valence-electron chi connectivity index (χ2n) is 4.31. The van der Waals surface area contributed by atoms with E-state index in [-0.39, 0.29) is 0 Å². The molecule has 80 valence electrons. The number of hydrogen-bond acceptors (Lipinski definition) is 2. The summed E-state index contributed by atoms with van der Waals surface area (Å²) in [6.45, 7) is 5.67. The lowest BCUT2D eigenvalue weighted by atomic mass is 10.3. The van der Waals surface area contributed by atoms with Gasteiger partial charge < -0.3 is 10.6 Å². The minimum Gasteiger partial charge on any atom is -0.370 e. The Morgan fingerprint density at radius 3 is 2.43 bits per heavy atom. The van der Waals surface area contributed by atoms with Crippen LogP contribution in [0.25, 0.3) is 0 Å². The number of hydrogen-bond donors (Lipinski definition) is 1. The molecule has 0 aromatic heterocycles. The SMILES string of the molecule is CN=C(N)N1CCN(CC2CC2)CC1. The lowest BCUT2D eigenvalue weighted by molar-refractivity contribution is 0.175. The highest BCUT2D eigenvalue weighted by Gasteiger charge is 2.26. The van der Waals surface area contributed by atoms with Crippen LogP contribution in [0.1, 0.15) is 12.8 Å². The maximum atomic E-state index is 5.76. The van der Waals surface area contributed by atoms with Gasteiger partial charge in [0, 0.05) is 39.8 Å². The summed E-state index contributed by atoms with van der Waals surface area (Å²) in [6, 6.07) is 0. The van der Waals surface area contributed by atoms with Gasteiger partial charge in [0.05, 0.1) is 0 Å². The van der Waals surface area contributed by atoms with Crippen molar-refractivity contribution in [1.29, 1.82) is 0 Å². The van der Waals surface area contributed by atoms with E-state index in [2.05, 4.69) is 14.8 Å². The summed E-state index contributed by atoms with van der Waals surface area (Å²) in [4.78, 5) is 8.74. The van der Waals surface area contributed by atoms with Gasteiger partial charge in [0.25, 0.3) is 0 Å². The zero-order valence-electron chi connectivity index (χ0n) is 8.95. The van der Waals surface area contributed by atoms with E-state index in [0.717, 1.165) is 32.1 Å². The quantitative estimate of drug-likeness (QED) is 0.498. The highest BCUT2D eigenvalue weighted by molar-refractivity contribution is 5.77. The van der Waals surface area contributed by atoms with Crippen molar-refractivity contribution in [3.63, 3.8) is 0 Å². The van der Waals surface area contributed by atoms with E-state index >= 15 is 0 Å². The Labute approximate surface area is 85.8 Å². The molecule has 1 saturated carbocycles. The van der Waals surface area contributed by atoms with Gasteiger partial charge >= 0.3 is 0 Å². The third-order valence-corrected chi connectivity index (χ3v) is 3.14. The van der Waals surface area contributed by atoms with E-state index in [0.29, 0.717) is 5.96 Å². The Kier molecular flexibility index (Phi) is 2.91. The van der Waals surface area contributed by atoms with E-state index in [1.54, 1.807) is 7.05 Å². The molecule has 0 bridgehead atoms. The molecule has 2 fully saturated rings. The van der Waals surface area contributed by atoms with Gasteiger partial charge in [-0.2, -0.15) is 0 Å². The van der Waals surface area contributed by atoms with E-state index in [1.165, 1.54) is 19.4 Å². The monoisotopic (exact) mass is 196 g/mol. The number of piperazine rings is 1. The molecule has 1 aliphatic heterocycles. The normalized spacial score (nSPS) is 25.5. The fraction of sp³-hybridized carbons (Fsp3) is 0.900. The van der Waals surface area contributed by atoms with Crippen LogP contribution in [0.5, 0.6) is 0 Å². The van der Waals surface area contributed by atoms with Crippen molar-refractivity contribution in [1.82, 2.24) is 9.80 Å². The van der Waals surface area contributed by atoms with Crippen molar-refractivity contribution in [3.05, 3.63) is 0 Å². The Hall–Kier alpha value is -0.770. The summed E-state index contributed by atoms with van der Waals surface area (Å²) in [5.74, 6) is 1.69. The molecule has 2 aliphatic rings. The maximum absolute atomic E-state index is 5.76. The first kappa shape index (κ1) is 9.77. The molecule has 4 nitrogen and oxygen atoms in total. The summed E-state index contributed by atoms with van der Waals surface area (Å²) in [7, 11) is 1.76. The molecule has 0 spiro atoms. The smallest absolute Gasteiger partial charge is 0.191 e. The number of aliphatic imine (C=N–C) groups is 1. The molecule has 1 saturated heterocycles. The highest BCUT2D eigenvalue weighted by atomic mass is 15.3. The molecule has 0 radical (unpaired) electrons.